The highest BCUT2D eigenvalue weighted by Gasteiger charge is 2.23. The van der Waals surface area contributed by atoms with Gasteiger partial charge in [0.2, 0.25) is 5.91 Å². The predicted molar refractivity (Wildman–Crippen MR) is 57.6 cm³/mol. The number of nitrogens with two attached hydrogens (primary N) is 1. The summed E-state index contributed by atoms with van der Waals surface area (Å²) >= 11 is 0. The van der Waals surface area contributed by atoms with Gasteiger partial charge in [0.15, 0.2) is 0 Å². The maximum Gasteiger partial charge on any atom is 0.326 e. The molecule has 1 heterocycles. The molecule has 0 radical (unpaired) electrons. The number of aromatic nitrogens is 2. The van der Waals surface area contributed by atoms with E-state index in [1.807, 2.05) is 0 Å². The smallest absolute Gasteiger partial charge is 0.326 e. The molecule has 0 bridgehead atoms. The number of aromatic amines is 1. The van der Waals surface area contributed by atoms with E-state index in [0.717, 1.165) is 12.4 Å². The van der Waals surface area contributed by atoms with Crippen molar-refractivity contribution in [3.05, 3.63) is 28.4 Å². The first kappa shape index (κ1) is 13.4. The van der Waals surface area contributed by atoms with Crippen LogP contribution in [0.5, 0.6) is 0 Å². The average molecular weight is 254 g/mol. The van der Waals surface area contributed by atoms with Gasteiger partial charge in [-0.05, 0) is 0 Å². The fraction of sp³-hybridized carbons (Fsp3) is 0.222. The van der Waals surface area contributed by atoms with Crippen molar-refractivity contribution in [2.45, 2.75) is 12.5 Å². The second-order valence-corrected chi connectivity index (χ2v) is 3.33. The number of nitrogens with zero attached hydrogens (tertiary/aromatic N) is 1. The molecule has 18 heavy (non-hydrogen) atoms. The van der Waals surface area contributed by atoms with Crippen LogP contribution < -0.4 is 16.6 Å². The molecule has 0 saturated heterocycles. The molecule has 96 valence electrons. The van der Waals surface area contributed by atoms with E-state index >= 15 is 0 Å². The fourth-order valence-corrected chi connectivity index (χ4v) is 1.10. The lowest BCUT2D eigenvalue weighted by atomic mass is 10.2. The standard InChI is InChI=1S/C9H10N4O5/c10-6(14)1-4(9(17)18)13-8(16)5-2-12-7(15)3-11-5/h2-4H,1H2,(H2,10,14)(H,12,15)(H,13,16)(H,17,18)/t4-/m0/s1. The summed E-state index contributed by atoms with van der Waals surface area (Å²) in [6, 6.07) is -1.44. The molecule has 0 saturated carbocycles. The SMILES string of the molecule is NC(=O)C[C@H](NC(=O)c1c[nH]c(=O)cn1)C(=O)O. The van der Waals surface area contributed by atoms with Crippen LogP contribution in [0, 0.1) is 0 Å². The topological polar surface area (TPSA) is 155 Å². The van der Waals surface area contributed by atoms with Gasteiger partial charge in [0.25, 0.3) is 11.5 Å². The summed E-state index contributed by atoms with van der Waals surface area (Å²) in [6.45, 7) is 0. The molecule has 0 fully saturated rings. The first-order chi connectivity index (χ1) is 8.40. The van der Waals surface area contributed by atoms with Crippen LogP contribution in [0.1, 0.15) is 16.9 Å². The summed E-state index contributed by atoms with van der Waals surface area (Å²) in [4.78, 5) is 49.3. The number of hydrogen-bond donors (Lipinski definition) is 4. The molecule has 1 atom stereocenters. The molecule has 1 aromatic rings. The maximum atomic E-state index is 11.5. The average Bonchev–Trinajstić information content (AvgIpc) is 2.28. The predicted octanol–water partition coefficient (Wildman–Crippen LogP) is -2.17. The van der Waals surface area contributed by atoms with Gasteiger partial charge in [0.1, 0.15) is 11.7 Å². The van der Waals surface area contributed by atoms with Gasteiger partial charge in [-0.1, -0.05) is 0 Å². The van der Waals surface area contributed by atoms with Crippen molar-refractivity contribution in [2.24, 2.45) is 5.73 Å². The van der Waals surface area contributed by atoms with Gasteiger partial charge in [-0.2, -0.15) is 0 Å². The Hall–Kier alpha value is -2.71. The Balaban J connectivity index is 2.78. The molecule has 2 amide bonds. The van der Waals surface area contributed by atoms with E-state index in [9.17, 15) is 19.2 Å². The number of hydrogen-bond acceptors (Lipinski definition) is 5. The number of rotatable bonds is 5. The first-order valence-electron chi connectivity index (χ1n) is 4.77. The molecule has 0 aromatic carbocycles. The second-order valence-electron chi connectivity index (χ2n) is 3.33. The highest BCUT2D eigenvalue weighted by molar-refractivity contribution is 5.95. The summed E-state index contributed by atoms with van der Waals surface area (Å²) in [5.41, 5.74) is 4.17. The minimum Gasteiger partial charge on any atom is -0.480 e. The number of carboxylic acid groups (broad SMARTS) is 1. The molecule has 0 aliphatic carbocycles. The first-order valence-corrected chi connectivity index (χ1v) is 4.77. The van der Waals surface area contributed by atoms with Crippen LogP contribution in [0.25, 0.3) is 0 Å². The lowest BCUT2D eigenvalue weighted by Gasteiger charge is -2.11. The van der Waals surface area contributed by atoms with E-state index < -0.39 is 35.8 Å². The number of carbonyl (C=O) groups excluding carboxylic acids is 2. The zero-order valence-electron chi connectivity index (χ0n) is 9.04. The van der Waals surface area contributed by atoms with Gasteiger partial charge in [-0.25, -0.2) is 9.78 Å². The molecule has 0 spiro atoms. The minimum absolute atomic E-state index is 0.176. The Bertz CT molecular complexity index is 518. The second kappa shape index (κ2) is 5.57. The molecule has 1 aromatic heterocycles. The van der Waals surface area contributed by atoms with E-state index in [4.69, 9.17) is 10.8 Å². The third-order valence-corrected chi connectivity index (χ3v) is 1.91. The van der Waals surface area contributed by atoms with Crippen molar-refractivity contribution in [3.63, 3.8) is 0 Å². The molecular formula is C9H10N4O5. The zero-order chi connectivity index (χ0) is 13.7. The zero-order valence-corrected chi connectivity index (χ0v) is 9.04. The number of H-pyrrole nitrogens is 1. The number of amides is 2. The molecule has 1 rings (SSSR count). The fourth-order valence-electron chi connectivity index (χ4n) is 1.10. The van der Waals surface area contributed by atoms with Gasteiger partial charge in [0, 0.05) is 6.20 Å². The molecular weight excluding hydrogens is 244 g/mol. The van der Waals surface area contributed by atoms with Crippen LogP contribution in [-0.4, -0.2) is 38.9 Å². The van der Waals surface area contributed by atoms with Crippen molar-refractivity contribution in [1.82, 2.24) is 15.3 Å². The lowest BCUT2D eigenvalue weighted by Crippen LogP contribution is -2.43. The van der Waals surface area contributed by atoms with Gasteiger partial charge in [-0.15, -0.1) is 0 Å². The lowest BCUT2D eigenvalue weighted by molar-refractivity contribution is -0.140. The molecule has 9 nitrogen and oxygen atoms in total. The highest BCUT2D eigenvalue weighted by Crippen LogP contribution is 1.95. The molecule has 0 aliphatic rings. The Morgan fingerprint density at radius 1 is 1.50 bits per heavy atom. The third-order valence-electron chi connectivity index (χ3n) is 1.91. The van der Waals surface area contributed by atoms with Crippen molar-refractivity contribution >= 4 is 17.8 Å². The normalized spacial score (nSPS) is 11.6. The Morgan fingerprint density at radius 3 is 2.61 bits per heavy atom. The molecule has 5 N–H and O–H groups in total. The van der Waals surface area contributed by atoms with E-state index in [2.05, 4.69) is 15.3 Å². The van der Waals surface area contributed by atoms with Crippen molar-refractivity contribution < 1.29 is 19.5 Å². The van der Waals surface area contributed by atoms with Crippen LogP contribution in [0.3, 0.4) is 0 Å². The van der Waals surface area contributed by atoms with E-state index in [1.54, 1.807) is 0 Å². The van der Waals surface area contributed by atoms with Gasteiger partial charge in [-0.3, -0.25) is 14.4 Å². The van der Waals surface area contributed by atoms with Crippen molar-refractivity contribution in [2.75, 3.05) is 0 Å². The number of carbonyl (C=O) groups is 3. The summed E-state index contributed by atoms with van der Waals surface area (Å²) < 4.78 is 0. The van der Waals surface area contributed by atoms with E-state index in [1.165, 1.54) is 0 Å². The van der Waals surface area contributed by atoms with Crippen LogP contribution >= 0.6 is 0 Å². The number of aliphatic carboxylic acids is 1. The summed E-state index contributed by atoms with van der Waals surface area (Å²) in [7, 11) is 0. The maximum absolute atomic E-state index is 11.5. The highest BCUT2D eigenvalue weighted by atomic mass is 16.4. The van der Waals surface area contributed by atoms with E-state index in [0.29, 0.717) is 0 Å². The van der Waals surface area contributed by atoms with Gasteiger partial charge < -0.3 is 21.1 Å². The Morgan fingerprint density at radius 2 is 2.17 bits per heavy atom. The van der Waals surface area contributed by atoms with Crippen molar-refractivity contribution in [1.29, 1.82) is 0 Å². The monoisotopic (exact) mass is 254 g/mol. The van der Waals surface area contributed by atoms with Crippen LogP contribution in [-0.2, 0) is 9.59 Å². The quantitative estimate of drug-likeness (QED) is 0.468. The van der Waals surface area contributed by atoms with Crippen molar-refractivity contribution in [3.8, 4) is 0 Å². The summed E-state index contributed by atoms with van der Waals surface area (Å²) in [5.74, 6) is -3.09. The largest absolute Gasteiger partial charge is 0.480 e. The van der Waals surface area contributed by atoms with Crippen LogP contribution in [0.4, 0.5) is 0 Å². The molecule has 0 unspecified atom stereocenters. The Kier molecular flexibility index (Phi) is 4.13. The summed E-state index contributed by atoms with van der Waals surface area (Å²) in [6.07, 6.45) is 1.37. The van der Waals surface area contributed by atoms with Gasteiger partial charge >= 0.3 is 5.97 Å². The molecule has 9 heteroatoms. The third kappa shape index (κ3) is 3.70. The number of nitrogens with one attached hydrogen (secondary N) is 2. The van der Waals surface area contributed by atoms with Crippen LogP contribution in [0.2, 0.25) is 0 Å². The minimum atomic E-state index is -1.44. The van der Waals surface area contributed by atoms with Gasteiger partial charge in [0.05, 0.1) is 12.6 Å². The number of carboxylic acids is 1. The Labute approximate surface area is 100 Å². The molecule has 0 aliphatic heterocycles. The number of primary amides is 1. The summed E-state index contributed by atoms with van der Waals surface area (Å²) in [5, 5.41) is 10.8. The van der Waals surface area contributed by atoms with Crippen LogP contribution in [0.15, 0.2) is 17.2 Å². The van der Waals surface area contributed by atoms with E-state index in [-0.39, 0.29) is 5.69 Å².